The molecule has 1 saturated heterocycles. The van der Waals surface area contributed by atoms with Crippen molar-refractivity contribution < 1.29 is 4.79 Å². The molecule has 0 spiro atoms. The second-order valence-electron chi connectivity index (χ2n) is 7.15. The van der Waals surface area contributed by atoms with Crippen LogP contribution >= 0.6 is 0 Å². The molecule has 3 aromatic carbocycles. The molecule has 1 amide bonds. The first-order chi connectivity index (χ1) is 13.8. The van der Waals surface area contributed by atoms with Crippen molar-refractivity contribution in [2.24, 2.45) is 0 Å². The fraction of sp³-hybridized carbons (Fsp3) is 0.167. The highest BCUT2D eigenvalue weighted by Crippen LogP contribution is 2.36. The molecule has 1 aliphatic rings. The van der Waals surface area contributed by atoms with Crippen molar-refractivity contribution in [3.05, 3.63) is 72.6 Å². The standard InChI is InChI=1S/C24H19N3O/c1-2-14-26-22-12-6-5-11-20(22)25-24(26)18-15-23(28)27(16-18)21-13-7-9-17-8-3-4-10-19(17)21/h1,3-13,18H,14-16H2. The Bertz CT molecular complexity index is 1240. The molecule has 0 N–H and O–H groups in total. The maximum absolute atomic E-state index is 12.9. The largest absolute Gasteiger partial charge is 0.316 e. The third-order valence-electron chi connectivity index (χ3n) is 5.48. The summed E-state index contributed by atoms with van der Waals surface area (Å²) in [4.78, 5) is 19.7. The zero-order chi connectivity index (χ0) is 19.1. The van der Waals surface area contributed by atoms with E-state index in [1.165, 1.54) is 0 Å². The summed E-state index contributed by atoms with van der Waals surface area (Å²) in [7, 11) is 0. The van der Waals surface area contributed by atoms with Gasteiger partial charge < -0.3 is 9.47 Å². The zero-order valence-corrected chi connectivity index (χ0v) is 15.4. The number of carbonyl (C=O) groups is 1. The molecule has 4 heteroatoms. The third-order valence-corrected chi connectivity index (χ3v) is 5.48. The molecule has 0 bridgehead atoms. The Hall–Kier alpha value is -3.58. The Labute approximate surface area is 163 Å². The fourth-order valence-electron chi connectivity index (χ4n) is 4.22. The lowest BCUT2D eigenvalue weighted by Gasteiger charge is -2.19. The lowest BCUT2D eigenvalue weighted by atomic mass is 10.1. The molecule has 4 nitrogen and oxygen atoms in total. The van der Waals surface area contributed by atoms with E-state index in [4.69, 9.17) is 11.4 Å². The summed E-state index contributed by atoms with van der Waals surface area (Å²) in [6.45, 7) is 1.07. The number of rotatable bonds is 3. The molecule has 136 valence electrons. The molecule has 1 aliphatic heterocycles. The van der Waals surface area contributed by atoms with Crippen molar-refractivity contribution in [2.45, 2.75) is 18.9 Å². The Morgan fingerprint density at radius 3 is 2.71 bits per heavy atom. The van der Waals surface area contributed by atoms with Gasteiger partial charge in [0, 0.05) is 24.3 Å². The fourth-order valence-corrected chi connectivity index (χ4v) is 4.22. The van der Waals surface area contributed by atoms with E-state index >= 15 is 0 Å². The van der Waals surface area contributed by atoms with Crippen LogP contribution in [0.5, 0.6) is 0 Å². The molecule has 0 radical (unpaired) electrons. The lowest BCUT2D eigenvalue weighted by molar-refractivity contribution is -0.117. The number of anilines is 1. The first-order valence-corrected chi connectivity index (χ1v) is 9.43. The van der Waals surface area contributed by atoms with Crippen molar-refractivity contribution in [2.75, 3.05) is 11.4 Å². The Morgan fingerprint density at radius 1 is 1.04 bits per heavy atom. The molecular formula is C24H19N3O. The average molecular weight is 365 g/mol. The first kappa shape index (κ1) is 16.6. The van der Waals surface area contributed by atoms with Gasteiger partial charge in [-0.1, -0.05) is 54.5 Å². The molecule has 4 aromatic rings. The molecule has 1 aromatic heterocycles. The number of amides is 1. The quantitative estimate of drug-likeness (QED) is 0.507. The third kappa shape index (κ3) is 2.56. The van der Waals surface area contributed by atoms with Crippen LogP contribution in [-0.2, 0) is 11.3 Å². The van der Waals surface area contributed by atoms with Crippen molar-refractivity contribution in [3.63, 3.8) is 0 Å². The number of benzene rings is 3. The minimum Gasteiger partial charge on any atom is -0.316 e. The van der Waals surface area contributed by atoms with Crippen molar-refractivity contribution in [3.8, 4) is 12.3 Å². The molecule has 5 rings (SSSR count). The summed E-state index contributed by atoms with van der Waals surface area (Å²) < 4.78 is 2.07. The van der Waals surface area contributed by atoms with Gasteiger partial charge >= 0.3 is 0 Å². The number of imidazole rings is 1. The van der Waals surface area contributed by atoms with Gasteiger partial charge in [0.2, 0.25) is 5.91 Å². The Morgan fingerprint density at radius 2 is 1.82 bits per heavy atom. The summed E-state index contributed by atoms with van der Waals surface area (Å²) in [6, 6.07) is 22.3. The van der Waals surface area contributed by atoms with Crippen LogP contribution in [0.1, 0.15) is 18.2 Å². The summed E-state index contributed by atoms with van der Waals surface area (Å²) in [5.74, 6) is 3.77. The maximum Gasteiger partial charge on any atom is 0.227 e. The van der Waals surface area contributed by atoms with Gasteiger partial charge in [-0.2, -0.15) is 0 Å². The van der Waals surface area contributed by atoms with Crippen LogP contribution in [0.2, 0.25) is 0 Å². The predicted molar refractivity (Wildman–Crippen MR) is 112 cm³/mol. The topological polar surface area (TPSA) is 38.1 Å². The van der Waals surface area contributed by atoms with Gasteiger partial charge in [0.05, 0.1) is 23.3 Å². The van der Waals surface area contributed by atoms with Crippen LogP contribution in [0.4, 0.5) is 5.69 Å². The Balaban J connectivity index is 1.57. The van der Waals surface area contributed by atoms with Crippen LogP contribution in [0.15, 0.2) is 66.7 Å². The van der Waals surface area contributed by atoms with Crippen LogP contribution in [0.25, 0.3) is 21.8 Å². The molecule has 2 heterocycles. The van der Waals surface area contributed by atoms with Crippen LogP contribution in [-0.4, -0.2) is 22.0 Å². The zero-order valence-electron chi connectivity index (χ0n) is 15.4. The van der Waals surface area contributed by atoms with E-state index in [0.29, 0.717) is 19.5 Å². The highest BCUT2D eigenvalue weighted by atomic mass is 16.2. The van der Waals surface area contributed by atoms with Gasteiger partial charge in [0.25, 0.3) is 0 Å². The number of fused-ring (bicyclic) bond motifs is 2. The van der Waals surface area contributed by atoms with Gasteiger partial charge in [-0.15, -0.1) is 6.42 Å². The monoisotopic (exact) mass is 365 g/mol. The minimum absolute atomic E-state index is 0.0206. The molecule has 0 aliphatic carbocycles. The van der Waals surface area contributed by atoms with Gasteiger partial charge in [0.15, 0.2) is 0 Å². The molecule has 0 saturated carbocycles. The highest BCUT2D eigenvalue weighted by Gasteiger charge is 2.35. The summed E-state index contributed by atoms with van der Waals surface area (Å²) in [6.07, 6.45) is 6.05. The number of nitrogens with zero attached hydrogens (tertiary/aromatic N) is 3. The van der Waals surface area contributed by atoms with E-state index in [9.17, 15) is 4.79 Å². The van der Waals surface area contributed by atoms with Crippen LogP contribution in [0.3, 0.4) is 0 Å². The van der Waals surface area contributed by atoms with E-state index in [2.05, 4.69) is 28.7 Å². The van der Waals surface area contributed by atoms with Gasteiger partial charge in [-0.3, -0.25) is 4.79 Å². The van der Waals surface area contributed by atoms with E-state index in [1.807, 2.05) is 53.4 Å². The number of aromatic nitrogens is 2. The smallest absolute Gasteiger partial charge is 0.227 e. The van der Waals surface area contributed by atoms with E-state index in [0.717, 1.165) is 33.3 Å². The first-order valence-electron chi connectivity index (χ1n) is 9.43. The van der Waals surface area contributed by atoms with Gasteiger partial charge in [-0.25, -0.2) is 4.98 Å². The van der Waals surface area contributed by atoms with E-state index in [1.54, 1.807) is 0 Å². The summed E-state index contributed by atoms with van der Waals surface area (Å²) >= 11 is 0. The predicted octanol–water partition coefficient (Wildman–Crippen LogP) is 4.34. The van der Waals surface area contributed by atoms with Crippen molar-refractivity contribution in [1.82, 2.24) is 9.55 Å². The maximum atomic E-state index is 12.9. The van der Waals surface area contributed by atoms with Gasteiger partial charge in [0.1, 0.15) is 5.82 Å². The molecule has 1 atom stereocenters. The molecule has 1 fully saturated rings. The molecule has 1 unspecified atom stereocenters. The minimum atomic E-state index is 0.0206. The van der Waals surface area contributed by atoms with Crippen LogP contribution < -0.4 is 4.90 Å². The van der Waals surface area contributed by atoms with Crippen molar-refractivity contribution >= 4 is 33.4 Å². The van der Waals surface area contributed by atoms with E-state index < -0.39 is 0 Å². The van der Waals surface area contributed by atoms with Gasteiger partial charge in [-0.05, 0) is 23.6 Å². The normalized spacial score (nSPS) is 16.8. The number of carbonyl (C=O) groups excluding carboxylic acids is 1. The molecular weight excluding hydrogens is 346 g/mol. The second kappa shape index (κ2) is 6.54. The average Bonchev–Trinajstić information content (AvgIpc) is 3.29. The Kier molecular flexibility index (Phi) is 3.87. The number of para-hydroxylation sites is 2. The lowest BCUT2D eigenvalue weighted by Crippen LogP contribution is -2.24. The van der Waals surface area contributed by atoms with Crippen LogP contribution in [0, 0.1) is 12.3 Å². The molecule has 28 heavy (non-hydrogen) atoms. The van der Waals surface area contributed by atoms with E-state index in [-0.39, 0.29) is 11.8 Å². The number of hydrogen-bond donors (Lipinski definition) is 0. The highest BCUT2D eigenvalue weighted by molar-refractivity contribution is 6.05. The number of terminal acetylenes is 1. The summed E-state index contributed by atoms with van der Waals surface area (Å²) in [5.41, 5.74) is 2.90. The van der Waals surface area contributed by atoms with Crippen molar-refractivity contribution in [1.29, 1.82) is 0 Å². The SMILES string of the molecule is C#CCn1c(C2CC(=O)N(c3cccc4ccccc34)C2)nc2ccccc21. The summed E-state index contributed by atoms with van der Waals surface area (Å²) in [5, 5.41) is 2.23. The second-order valence-corrected chi connectivity index (χ2v) is 7.15. The number of hydrogen-bond acceptors (Lipinski definition) is 2.